The highest BCUT2D eigenvalue weighted by molar-refractivity contribution is 7.85. The molecule has 0 bridgehead atoms. The fourth-order valence-corrected chi connectivity index (χ4v) is 3.72. The molecule has 1 aliphatic rings. The van der Waals surface area contributed by atoms with Gasteiger partial charge in [0, 0.05) is 10.6 Å². The van der Waals surface area contributed by atoms with Crippen LogP contribution in [0.3, 0.4) is 0 Å². The zero-order valence-electron chi connectivity index (χ0n) is 11.4. The Morgan fingerprint density at radius 1 is 1.26 bits per heavy atom. The van der Waals surface area contributed by atoms with Crippen LogP contribution in [-0.2, 0) is 17.2 Å². The second kappa shape index (κ2) is 7.61. The summed E-state index contributed by atoms with van der Waals surface area (Å²) in [5.74, 6) is 0.709. The van der Waals surface area contributed by atoms with Crippen molar-refractivity contribution in [1.29, 1.82) is 0 Å². The maximum Gasteiger partial charge on any atom is 0.0570 e. The molecular weight excluding hydrogens is 254 g/mol. The quantitative estimate of drug-likeness (QED) is 0.812. The maximum atomic E-state index is 12.4. The van der Waals surface area contributed by atoms with E-state index < -0.39 is 10.8 Å². The summed E-state index contributed by atoms with van der Waals surface area (Å²) in [6, 6.07) is 8.16. The van der Waals surface area contributed by atoms with Gasteiger partial charge in [-0.25, -0.2) is 0 Å². The van der Waals surface area contributed by atoms with Crippen molar-refractivity contribution in [3.63, 3.8) is 0 Å². The van der Waals surface area contributed by atoms with E-state index in [0.717, 1.165) is 30.6 Å². The third-order valence-corrected chi connectivity index (χ3v) is 4.95. The summed E-state index contributed by atoms with van der Waals surface area (Å²) in [5.41, 5.74) is 8.15. The van der Waals surface area contributed by atoms with Gasteiger partial charge < -0.3 is 5.73 Å². The summed E-state index contributed by atoms with van der Waals surface area (Å²) >= 11 is 0. The van der Waals surface area contributed by atoms with Crippen LogP contribution in [0.5, 0.6) is 0 Å². The Bertz CT molecular complexity index is 468. The third-order valence-electron chi connectivity index (χ3n) is 3.53. The van der Waals surface area contributed by atoms with Crippen molar-refractivity contribution < 1.29 is 4.21 Å². The molecule has 2 N–H and O–H groups in total. The van der Waals surface area contributed by atoms with Crippen molar-refractivity contribution in [2.45, 2.75) is 43.4 Å². The van der Waals surface area contributed by atoms with Gasteiger partial charge in [-0.05, 0) is 62.8 Å². The first-order valence-corrected chi connectivity index (χ1v) is 8.47. The van der Waals surface area contributed by atoms with Crippen LogP contribution in [0.15, 0.2) is 40.8 Å². The van der Waals surface area contributed by atoms with E-state index in [2.05, 4.69) is 18.2 Å². The molecule has 0 amide bonds. The Hall–Kier alpha value is -0.930. The molecular formula is C16H23NOS. The standard InChI is InChI=1S/C16H23NOS/c17-11-5-9-14-8-4-10-16(12-14)19(18)13-15-6-2-1-3-7-15/h4,6,8,10,12H,1-3,5,7,9,11,13,17H2. The summed E-state index contributed by atoms with van der Waals surface area (Å²) in [7, 11) is -0.896. The zero-order chi connectivity index (χ0) is 13.5. The van der Waals surface area contributed by atoms with Gasteiger partial charge in [0.1, 0.15) is 0 Å². The Kier molecular flexibility index (Phi) is 5.80. The van der Waals surface area contributed by atoms with E-state index in [-0.39, 0.29) is 0 Å². The lowest BCUT2D eigenvalue weighted by Crippen LogP contribution is -2.05. The monoisotopic (exact) mass is 277 g/mol. The molecule has 0 aliphatic heterocycles. The fourth-order valence-electron chi connectivity index (χ4n) is 2.44. The molecule has 1 aromatic carbocycles. The molecule has 2 rings (SSSR count). The minimum atomic E-state index is -0.896. The third kappa shape index (κ3) is 4.59. The molecule has 104 valence electrons. The van der Waals surface area contributed by atoms with Gasteiger partial charge in [0.05, 0.1) is 10.8 Å². The van der Waals surface area contributed by atoms with Crippen molar-refractivity contribution in [1.82, 2.24) is 0 Å². The topological polar surface area (TPSA) is 43.1 Å². The van der Waals surface area contributed by atoms with Crippen molar-refractivity contribution >= 4 is 10.8 Å². The van der Waals surface area contributed by atoms with E-state index in [1.807, 2.05) is 12.1 Å². The number of hydrogen-bond acceptors (Lipinski definition) is 2. The molecule has 1 aromatic rings. The van der Waals surface area contributed by atoms with Crippen LogP contribution in [0.1, 0.15) is 37.7 Å². The molecule has 1 unspecified atom stereocenters. The summed E-state index contributed by atoms with van der Waals surface area (Å²) in [5, 5.41) is 0. The number of allylic oxidation sites excluding steroid dienone is 1. The Balaban J connectivity index is 1.99. The molecule has 0 fully saturated rings. The molecule has 19 heavy (non-hydrogen) atoms. The van der Waals surface area contributed by atoms with Gasteiger partial charge in [-0.15, -0.1) is 0 Å². The van der Waals surface area contributed by atoms with Gasteiger partial charge in [-0.3, -0.25) is 4.21 Å². The SMILES string of the molecule is NCCCc1cccc(S(=O)CC2=CCCCC2)c1. The molecule has 1 atom stereocenters. The van der Waals surface area contributed by atoms with Crippen molar-refractivity contribution in [2.24, 2.45) is 5.73 Å². The molecule has 2 nitrogen and oxygen atoms in total. The highest BCUT2D eigenvalue weighted by Crippen LogP contribution is 2.20. The Morgan fingerprint density at radius 2 is 2.16 bits per heavy atom. The van der Waals surface area contributed by atoms with E-state index in [1.165, 1.54) is 24.0 Å². The Labute approximate surface area is 118 Å². The van der Waals surface area contributed by atoms with Crippen LogP contribution < -0.4 is 5.73 Å². The first kappa shape index (κ1) is 14.5. The lowest BCUT2D eigenvalue weighted by molar-refractivity contribution is 0.676. The highest BCUT2D eigenvalue weighted by atomic mass is 32.2. The number of hydrogen-bond donors (Lipinski definition) is 1. The minimum Gasteiger partial charge on any atom is -0.330 e. The van der Waals surface area contributed by atoms with Gasteiger partial charge in [-0.2, -0.15) is 0 Å². The number of aryl methyl sites for hydroxylation is 1. The van der Waals surface area contributed by atoms with Crippen molar-refractivity contribution in [2.75, 3.05) is 12.3 Å². The molecule has 3 heteroatoms. The van der Waals surface area contributed by atoms with Gasteiger partial charge >= 0.3 is 0 Å². The lowest BCUT2D eigenvalue weighted by atomic mass is 10.0. The van der Waals surface area contributed by atoms with Crippen LogP contribution in [0.4, 0.5) is 0 Å². The van der Waals surface area contributed by atoms with Gasteiger partial charge in [-0.1, -0.05) is 23.8 Å². The van der Waals surface area contributed by atoms with Crippen LogP contribution in [-0.4, -0.2) is 16.5 Å². The average Bonchev–Trinajstić information content (AvgIpc) is 2.46. The molecule has 0 heterocycles. The van der Waals surface area contributed by atoms with Crippen LogP contribution in [0.25, 0.3) is 0 Å². The minimum absolute atomic E-state index is 0.709. The summed E-state index contributed by atoms with van der Waals surface area (Å²) < 4.78 is 12.4. The molecule has 0 spiro atoms. The van der Waals surface area contributed by atoms with Crippen molar-refractivity contribution in [3.05, 3.63) is 41.5 Å². The fraction of sp³-hybridized carbons (Fsp3) is 0.500. The van der Waals surface area contributed by atoms with Crippen LogP contribution >= 0.6 is 0 Å². The smallest absolute Gasteiger partial charge is 0.0570 e. The molecule has 0 radical (unpaired) electrons. The second-order valence-corrected chi connectivity index (χ2v) is 6.59. The highest BCUT2D eigenvalue weighted by Gasteiger charge is 2.10. The van der Waals surface area contributed by atoms with E-state index in [4.69, 9.17) is 5.73 Å². The second-order valence-electron chi connectivity index (χ2n) is 5.14. The summed E-state index contributed by atoms with van der Waals surface area (Å²) in [4.78, 5) is 0.959. The van der Waals surface area contributed by atoms with Crippen LogP contribution in [0, 0.1) is 0 Å². The van der Waals surface area contributed by atoms with E-state index in [9.17, 15) is 4.21 Å². The number of rotatable bonds is 6. The van der Waals surface area contributed by atoms with E-state index in [1.54, 1.807) is 0 Å². The van der Waals surface area contributed by atoms with Gasteiger partial charge in [0.25, 0.3) is 0 Å². The first-order valence-electron chi connectivity index (χ1n) is 7.15. The molecule has 1 aliphatic carbocycles. The zero-order valence-corrected chi connectivity index (χ0v) is 12.3. The number of benzene rings is 1. The van der Waals surface area contributed by atoms with Crippen molar-refractivity contribution in [3.8, 4) is 0 Å². The molecule has 0 saturated carbocycles. The van der Waals surface area contributed by atoms with Gasteiger partial charge in [0.2, 0.25) is 0 Å². The van der Waals surface area contributed by atoms with Gasteiger partial charge in [0.15, 0.2) is 0 Å². The normalized spacial score (nSPS) is 17.0. The Morgan fingerprint density at radius 3 is 2.89 bits per heavy atom. The molecule has 0 saturated heterocycles. The lowest BCUT2D eigenvalue weighted by Gasteiger charge is -2.12. The molecule has 0 aromatic heterocycles. The largest absolute Gasteiger partial charge is 0.330 e. The van der Waals surface area contributed by atoms with Crippen LogP contribution in [0.2, 0.25) is 0 Å². The summed E-state index contributed by atoms with van der Waals surface area (Å²) in [6.07, 6.45) is 9.05. The first-order chi connectivity index (χ1) is 9.29. The number of nitrogens with two attached hydrogens (primary N) is 1. The van der Waals surface area contributed by atoms with E-state index >= 15 is 0 Å². The van der Waals surface area contributed by atoms with E-state index in [0.29, 0.717) is 12.3 Å². The predicted molar refractivity (Wildman–Crippen MR) is 81.6 cm³/mol. The average molecular weight is 277 g/mol. The predicted octanol–water partition coefficient (Wildman–Crippen LogP) is 3.19. The summed E-state index contributed by atoms with van der Waals surface area (Å²) in [6.45, 7) is 0.709. The maximum absolute atomic E-state index is 12.4.